The molecule has 4 heterocycles. The number of H-pyrrole nitrogens is 1. The maximum Gasteiger partial charge on any atom is 0.128 e. The van der Waals surface area contributed by atoms with Gasteiger partial charge in [-0.05, 0) is 67.3 Å². The summed E-state index contributed by atoms with van der Waals surface area (Å²) in [5.74, 6) is 0.911. The second kappa shape index (κ2) is 11.6. The van der Waals surface area contributed by atoms with Gasteiger partial charge in [0.1, 0.15) is 5.75 Å². The van der Waals surface area contributed by atoms with Gasteiger partial charge in [-0.1, -0.05) is 54.1 Å². The van der Waals surface area contributed by atoms with E-state index in [-0.39, 0.29) is 0 Å². The zero-order valence-corrected chi connectivity index (χ0v) is 22.4. The van der Waals surface area contributed by atoms with E-state index >= 15 is 0 Å². The number of aliphatic hydroxyl groups is 1. The van der Waals surface area contributed by atoms with Crippen LogP contribution in [-0.2, 0) is 0 Å². The van der Waals surface area contributed by atoms with Gasteiger partial charge in [0.2, 0.25) is 0 Å². The fourth-order valence-electron chi connectivity index (χ4n) is 5.76. The monoisotopic (exact) mass is 517 g/mol. The molecule has 1 aromatic heterocycles. The molecular formula is C31H36ClN3O2. The van der Waals surface area contributed by atoms with Gasteiger partial charge in [-0.2, -0.15) is 0 Å². The van der Waals surface area contributed by atoms with Crippen molar-refractivity contribution < 1.29 is 9.84 Å². The van der Waals surface area contributed by atoms with Gasteiger partial charge in [-0.25, -0.2) is 0 Å². The largest absolute Gasteiger partial charge is 0.493 e. The second-order valence-electron chi connectivity index (χ2n) is 9.92. The number of hydrogen-bond donors (Lipinski definition) is 2. The first-order valence-corrected chi connectivity index (χ1v) is 13.5. The van der Waals surface area contributed by atoms with Crippen LogP contribution in [0.4, 0.5) is 5.69 Å². The molecule has 0 radical (unpaired) electrons. The minimum absolute atomic E-state index is 0.503. The number of aliphatic hydroxyl groups excluding tert-OH is 1. The van der Waals surface area contributed by atoms with Crippen LogP contribution in [0.3, 0.4) is 0 Å². The first kappa shape index (κ1) is 25.7. The van der Waals surface area contributed by atoms with Crippen molar-refractivity contribution in [2.45, 2.75) is 38.3 Å². The Kier molecular flexibility index (Phi) is 8.04. The fraction of sp³-hybridized carbons (Fsp3) is 0.355. The lowest BCUT2D eigenvalue weighted by Gasteiger charge is -2.48. The standard InChI is InChI=1S/C30H32ClN3O.CH4O/c1-21-17-27-29(14-13-28(31)30(27)32-21)35-16-6-15-33-19-26-10-5-4-9-25(33)20-34(26)24-12-11-22-7-2-3-8-23(22)18-24;1-2/h2-5,7-8,11-14,17-18,25-26,32H,6,9-10,15-16,19-20H2,1H3;2H,1H3/b5-4-;/t25?,26-;/m0./s1. The molecule has 37 heavy (non-hydrogen) atoms. The van der Waals surface area contributed by atoms with Crippen LogP contribution in [0.25, 0.3) is 21.7 Å². The molecule has 0 saturated carbocycles. The minimum Gasteiger partial charge on any atom is -0.493 e. The number of aromatic nitrogens is 1. The number of aromatic amines is 1. The van der Waals surface area contributed by atoms with Crippen LogP contribution < -0.4 is 9.64 Å². The Bertz CT molecular complexity index is 1380. The number of rotatable bonds is 6. The van der Waals surface area contributed by atoms with Gasteiger partial charge in [0, 0.05) is 55.6 Å². The van der Waals surface area contributed by atoms with Crippen LogP contribution in [0.2, 0.25) is 5.02 Å². The maximum atomic E-state index is 7.00. The molecule has 3 aliphatic rings. The van der Waals surface area contributed by atoms with E-state index in [4.69, 9.17) is 21.4 Å². The number of hydrogen-bond acceptors (Lipinski definition) is 4. The number of aryl methyl sites for hydroxylation is 1. The normalized spacial score (nSPS) is 20.4. The van der Waals surface area contributed by atoms with Crippen molar-refractivity contribution in [1.29, 1.82) is 0 Å². The van der Waals surface area contributed by atoms with Crippen molar-refractivity contribution in [2.24, 2.45) is 0 Å². The van der Waals surface area contributed by atoms with Crippen molar-refractivity contribution >= 4 is 39.0 Å². The summed E-state index contributed by atoms with van der Waals surface area (Å²) < 4.78 is 6.22. The molecular weight excluding hydrogens is 482 g/mol. The van der Waals surface area contributed by atoms with Crippen LogP contribution in [0, 0.1) is 6.92 Å². The topological polar surface area (TPSA) is 51.7 Å². The van der Waals surface area contributed by atoms with Crippen LogP contribution >= 0.6 is 11.6 Å². The number of nitrogens with one attached hydrogen (secondary N) is 1. The molecule has 0 amide bonds. The van der Waals surface area contributed by atoms with Gasteiger partial charge in [-0.15, -0.1) is 0 Å². The lowest BCUT2D eigenvalue weighted by atomic mass is 9.96. The highest BCUT2D eigenvalue weighted by Gasteiger charge is 2.33. The zero-order chi connectivity index (χ0) is 25.8. The van der Waals surface area contributed by atoms with Gasteiger partial charge in [-0.3, -0.25) is 4.90 Å². The molecule has 1 saturated heterocycles. The molecule has 1 fully saturated rings. The maximum absolute atomic E-state index is 7.00. The molecule has 3 aromatic carbocycles. The third-order valence-electron chi connectivity index (χ3n) is 7.54. The summed E-state index contributed by atoms with van der Waals surface area (Å²) in [6.45, 7) is 5.99. The van der Waals surface area contributed by atoms with Crippen LogP contribution in [0.15, 0.2) is 72.8 Å². The molecule has 0 spiro atoms. The molecule has 2 atom stereocenters. The highest BCUT2D eigenvalue weighted by Crippen LogP contribution is 2.33. The van der Waals surface area contributed by atoms with Crippen molar-refractivity contribution in [3.8, 4) is 5.75 Å². The van der Waals surface area contributed by atoms with E-state index in [0.717, 1.165) is 73.4 Å². The molecule has 194 valence electrons. The molecule has 1 unspecified atom stereocenters. The Labute approximate surface area is 224 Å². The van der Waals surface area contributed by atoms with E-state index in [9.17, 15) is 0 Å². The van der Waals surface area contributed by atoms with Gasteiger partial charge >= 0.3 is 0 Å². The van der Waals surface area contributed by atoms with Crippen molar-refractivity contribution in [3.05, 3.63) is 83.5 Å². The molecule has 2 bridgehead atoms. The average molecular weight is 518 g/mol. The molecule has 3 aliphatic heterocycles. The Balaban J connectivity index is 0.00000137. The predicted octanol–water partition coefficient (Wildman–Crippen LogP) is 6.57. The third-order valence-corrected chi connectivity index (χ3v) is 7.86. The number of benzene rings is 3. The number of fused-ring (bicyclic) bond motifs is 6. The van der Waals surface area contributed by atoms with E-state index in [2.05, 4.69) is 75.5 Å². The van der Waals surface area contributed by atoms with E-state index in [1.54, 1.807) is 0 Å². The molecule has 5 nitrogen and oxygen atoms in total. The van der Waals surface area contributed by atoms with Crippen LogP contribution in [0.5, 0.6) is 5.75 Å². The predicted molar refractivity (Wildman–Crippen MR) is 155 cm³/mol. The SMILES string of the molecule is CO.Cc1cc2c(OCCCN3C[C@@H]4C/C=C\CC3CN4c3ccc4ccccc4c3)ccc(Cl)c2[nH]1. The van der Waals surface area contributed by atoms with Crippen LogP contribution in [0.1, 0.15) is 25.0 Å². The lowest BCUT2D eigenvalue weighted by molar-refractivity contribution is 0.137. The summed E-state index contributed by atoms with van der Waals surface area (Å²) in [4.78, 5) is 8.67. The number of ether oxygens (including phenoxy) is 1. The van der Waals surface area contributed by atoms with Crippen molar-refractivity contribution in [2.75, 3.05) is 38.3 Å². The highest BCUT2D eigenvalue weighted by molar-refractivity contribution is 6.35. The third kappa shape index (κ3) is 5.49. The van der Waals surface area contributed by atoms with E-state index < -0.39 is 0 Å². The van der Waals surface area contributed by atoms with E-state index in [1.165, 1.54) is 16.5 Å². The van der Waals surface area contributed by atoms with Gasteiger partial charge in [0.25, 0.3) is 0 Å². The number of halogens is 1. The molecule has 4 aromatic rings. The summed E-state index contributed by atoms with van der Waals surface area (Å²) in [7, 11) is 1.00. The minimum atomic E-state index is 0.503. The van der Waals surface area contributed by atoms with Gasteiger partial charge in [0.05, 0.1) is 17.1 Å². The Morgan fingerprint density at radius 2 is 1.73 bits per heavy atom. The first-order chi connectivity index (χ1) is 18.2. The van der Waals surface area contributed by atoms with Gasteiger partial charge < -0.3 is 19.7 Å². The van der Waals surface area contributed by atoms with Crippen molar-refractivity contribution in [1.82, 2.24) is 9.88 Å². The second-order valence-corrected chi connectivity index (χ2v) is 10.3. The highest BCUT2D eigenvalue weighted by atomic mass is 35.5. The summed E-state index contributed by atoms with van der Waals surface area (Å²) >= 11 is 6.35. The van der Waals surface area contributed by atoms with Crippen molar-refractivity contribution in [3.63, 3.8) is 0 Å². The molecule has 0 aliphatic carbocycles. The Hall–Kier alpha value is -2.99. The summed E-state index contributed by atoms with van der Waals surface area (Å²) in [5.41, 5.74) is 3.41. The summed E-state index contributed by atoms with van der Waals surface area (Å²) in [6, 6.07) is 22.6. The Morgan fingerprint density at radius 3 is 2.57 bits per heavy atom. The number of nitrogens with zero attached hydrogens (tertiary/aromatic N) is 2. The Morgan fingerprint density at radius 1 is 0.946 bits per heavy atom. The number of anilines is 1. The van der Waals surface area contributed by atoms with Crippen LogP contribution in [-0.4, -0.2) is 60.4 Å². The molecule has 6 heteroatoms. The molecule has 2 N–H and O–H groups in total. The molecule has 7 rings (SSSR count). The smallest absolute Gasteiger partial charge is 0.128 e. The quantitative estimate of drug-likeness (QED) is 0.224. The zero-order valence-electron chi connectivity index (χ0n) is 21.7. The first-order valence-electron chi connectivity index (χ1n) is 13.2. The average Bonchev–Trinajstić information content (AvgIpc) is 3.31. The van der Waals surface area contributed by atoms with E-state index in [0.29, 0.717) is 18.7 Å². The van der Waals surface area contributed by atoms with Gasteiger partial charge in [0.15, 0.2) is 0 Å². The summed E-state index contributed by atoms with van der Waals surface area (Å²) in [5, 5.41) is 11.4. The summed E-state index contributed by atoms with van der Waals surface area (Å²) in [6.07, 6.45) is 7.99. The van der Waals surface area contributed by atoms with E-state index in [1.807, 2.05) is 19.1 Å². The fourth-order valence-corrected chi connectivity index (χ4v) is 5.97. The number of piperazine rings is 1. The lowest BCUT2D eigenvalue weighted by Crippen LogP contribution is -2.59.